The fourth-order valence-electron chi connectivity index (χ4n) is 2.33. The highest BCUT2D eigenvalue weighted by Gasteiger charge is 2.00. The lowest BCUT2D eigenvalue weighted by Gasteiger charge is -2.05. The average molecular weight is 407 g/mol. The van der Waals surface area contributed by atoms with Crippen molar-refractivity contribution in [2.24, 2.45) is 5.73 Å². The second kappa shape index (κ2) is 18.5. The highest BCUT2D eigenvalue weighted by molar-refractivity contribution is 7.99. The molecule has 0 aliphatic heterocycles. The van der Waals surface area contributed by atoms with E-state index in [1.165, 1.54) is 4.90 Å². The van der Waals surface area contributed by atoms with E-state index in [4.69, 9.17) is 10.8 Å². The van der Waals surface area contributed by atoms with Gasteiger partial charge in [-0.15, -0.1) is 11.8 Å². The minimum Gasteiger partial charge on any atom is -0.412 e. The van der Waals surface area contributed by atoms with Crippen LogP contribution in [0.3, 0.4) is 0 Å². The molecule has 0 fully saturated rings. The van der Waals surface area contributed by atoms with Crippen molar-refractivity contribution in [1.82, 2.24) is 5.32 Å². The van der Waals surface area contributed by atoms with Gasteiger partial charge in [0, 0.05) is 23.6 Å². The quantitative estimate of drug-likeness (QED) is 0.393. The minimum absolute atomic E-state index is 0. The molecule has 0 saturated heterocycles. The third-order valence-electron chi connectivity index (χ3n) is 3.82. The standard InChI is InChI=1S/C15H24N2OS.C7H8O.H2O/c16-11-7-2-1-6-10-15(18)17-12-13-19-14-8-4-3-5-9-14;8-6-7-4-2-1-3-5-7;/h3-5,8-9H,1-2,6-7,10-13,16H2,(H,17,18);1-5,8H,6H2;1H2. The van der Waals surface area contributed by atoms with Crippen molar-refractivity contribution in [3.63, 3.8) is 0 Å². The molecule has 0 radical (unpaired) electrons. The zero-order valence-electron chi connectivity index (χ0n) is 16.5. The van der Waals surface area contributed by atoms with E-state index in [2.05, 4.69) is 17.4 Å². The van der Waals surface area contributed by atoms with Gasteiger partial charge in [0.25, 0.3) is 0 Å². The molecule has 1 amide bonds. The van der Waals surface area contributed by atoms with Gasteiger partial charge in [0.2, 0.25) is 5.91 Å². The van der Waals surface area contributed by atoms with Crippen LogP contribution in [-0.4, -0.2) is 35.3 Å². The molecule has 0 atom stereocenters. The summed E-state index contributed by atoms with van der Waals surface area (Å²) in [5.41, 5.74) is 6.38. The second-order valence-corrected chi connectivity index (χ2v) is 7.28. The van der Waals surface area contributed by atoms with Gasteiger partial charge in [-0.2, -0.15) is 0 Å². The molecular formula is C22H34N2O3S. The fraction of sp³-hybridized carbons (Fsp3) is 0.409. The number of rotatable bonds is 11. The van der Waals surface area contributed by atoms with Crippen LogP contribution in [0.5, 0.6) is 0 Å². The number of amides is 1. The summed E-state index contributed by atoms with van der Waals surface area (Å²) >= 11 is 1.77. The van der Waals surface area contributed by atoms with Crippen LogP contribution in [0, 0.1) is 0 Å². The zero-order chi connectivity index (χ0) is 19.6. The molecule has 0 spiro atoms. The van der Waals surface area contributed by atoms with Crippen LogP contribution in [-0.2, 0) is 11.4 Å². The Morgan fingerprint density at radius 3 is 2.11 bits per heavy atom. The third kappa shape index (κ3) is 14.2. The Bertz CT molecular complexity index is 597. The van der Waals surface area contributed by atoms with Gasteiger partial charge in [-0.25, -0.2) is 0 Å². The lowest BCUT2D eigenvalue weighted by Crippen LogP contribution is -2.25. The number of carbonyl (C=O) groups excluding carboxylic acids is 1. The Morgan fingerprint density at radius 1 is 0.929 bits per heavy atom. The number of nitrogens with two attached hydrogens (primary N) is 1. The molecule has 2 aromatic rings. The molecule has 28 heavy (non-hydrogen) atoms. The predicted octanol–water partition coefficient (Wildman–Crippen LogP) is 3.16. The van der Waals surface area contributed by atoms with Crippen LogP contribution in [0.4, 0.5) is 0 Å². The maximum absolute atomic E-state index is 11.5. The van der Waals surface area contributed by atoms with Crippen molar-refractivity contribution in [2.75, 3.05) is 18.8 Å². The number of hydrogen-bond donors (Lipinski definition) is 3. The first-order valence-electron chi connectivity index (χ1n) is 9.55. The van der Waals surface area contributed by atoms with Crippen LogP contribution in [0.15, 0.2) is 65.6 Å². The number of nitrogens with one attached hydrogen (secondary N) is 1. The Hall–Kier alpha value is -1.86. The van der Waals surface area contributed by atoms with E-state index in [0.29, 0.717) is 6.42 Å². The van der Waals surface area contributed by atoms with Gasteiger partial charge >= 0.3 is 0 Å². The summed E-state index contributed by atoms with van der Waals surface area (Å²) in [5.74, 6) is 1.09. The molecule has 0 saturated carbocycles. The van der Waals surface area contributed by atoms with Crippen LogP contribution in [0.25, 0.3) is 0 Å². The number of carbonyl (C=O) groups is 1. The SMILES string of the molecule is NCCCCCCC(=O)NCCSc1ccccc1.O.OCc1ccccc1. The van der Waals surface area contributed by atoms with Gasteiger partial charge in [0.05, 0.1) is 6.61 Å². The molecular weight excluding hydrogens is 372 g/mol. The summed E-state index contributed by atoms with van der Waals surface area (Å²) in [6.45, 7) is 1.63. The highest BCUT2D eigenvalue weighted by atomic mass is 32.2. The van der Waals surface area contributed by atoms with Crippen molar-refractivity contribution in [1.29, 1.82) is 0 Å². The van der Waals surface area contributed by atoms with Crippen LogP contribution in [0.2, 0.25) is 0 Å². The normalized spacial score (nSPS) is 9.64. The van der Waals surface area contributed by atoms with Gasteiger partial charge < -0.3 is 21.6 Å². The second-order valence-electron chi connectivity index (χ2n) is 6.11. The largest absolute Gasteiger partial charge is 0.412 e. The predicted molar refractivity (Wildman–Crippen MR) is 118 cm³/mol. The van der Waals surface area contributed by atoms with E-state index in [1.54, 1.807) is 11.8 Å². The molecule has 0 aliphatic rings. The monoisotopic (exact) mass is 406 g/mol. The maximum atomic E-state index is 11.5. The molecule has 2 aromatic carbocycles. The summed E-state index contributed by atoms with van der Waals surface area (Å²) < 4.78 is 0. The topological polar surface area (TPSA) is 107 Å². The van der Waals surface area contributed by atoms with Crippen LogP contribution in [0.1, 0.15) is 37.7 Å². The molecule has 0 heterocycles. The lowest BCUT2D eigenvalue weighted by molar-refractivity contribution is -0.121. The van der Waals surface area contributed by atoms with Gasteiger partial charge in [-0.1, -0.05) is 61.4 Å². The summed E-state index contributed by atoms with van der Waals surface area (Å²) in [7, 11) is 0. The molecule has 6 heteroatoms. The maximum Gasteiger partial charge on any atom is 0.220 e. The summed E-state index contributed by atoms with van der Waals surface area (Å²) in [6, 6.07) is 19.8. The molecule has 6 N–H and O–H groups in total. The number of thioether (sulfide) groups is 1. The first-order chi connectivity index (χ1) is 13.3. The van der Waals surface area contributed by atoms with E-state index >= 15 is 0 Å². The van der Waals surface area contributed by atoms with Crippen LogP contribution < -0.4 is 11.1 Å². The Balaban J connectivity index is 0.000000678. The van der Waals surface area contributed by atoms with E-state index in [1.807, 2.05) is 48.5 Å². The molecule has 5 nitrogen and oxygen atoms in total. The van der Waals surface area contributed by atoms with Crippen molar-refractivity contribution < 1.29 is 15.4 Å². The number of aliphatic hydroxyl groups is 1. The first-order valence-corrected chi connectivity index (χ1v) is 10.5. The van der Waals surface area contributed by atoms with Gasteiger partial charge in [0.1, 0.15) is 0 Å². The first kappa shape index (κ1) is 26.1. The molecule has 0 bridgehead atoms. The molecule has 156 valence electrons. The molecule has 2 rings (SSSR count). The smallest absolute Gasteiger partial charge is 0.220 e. The van der Waals surface area contributed by atoms with E-state index in [-0.39, 0.29) is 18.0 Å². The van der Waals surface area contributed by atoms with Gasteiger partial charge in [0.15, 0.2) is 0 Å². The van der Waals surface area contributed by atoms with Crippen molar-refractivity contribution in [3.05, 3.63) is 66.2 Å². The zero-order valence-corrected chi connectivity index (χ0v) is 17.3. The highest BCUT2D eigenvalue weighted by Crippen LogP contribution is 2.15. The minimum atomic E-state index is 0. The van der Waals surface area contributed by atoms with Crippen molar-refractivity contribution in [2.45, 2.75) is 43.6 Å². The van der Waals surface area contributed by atoms with Gasteiger partial charge in [-0.05, 0) is 37.1 Å². The number of aliphatic hydroxyl groups excluding tert-OH is 1. The van der Waals surface area contributed by atoms with Crippen LogP contribution >= 0.6 is 11.8 Å². The van der Waals surface area contributed by atoms with E-state index < -0.39 is 0 Å². The molecule has 0 unspecified atom stereocenters. The summed E-state index contributed by atoms with van der Waals surface area (Å²) in [6.07, 6.45) is 4.91. The summed E-state index contributed by atoms with van der Waals surface area (Å²) in [5, 5.41) is 11.5. The number of benzene rings is 2. The Kier molecular flexibility index (Phi) is 17.3. The Morgan fingerprint density at radius 2 is 1.54 bits per heavy atom. The number of hydrogen-bond acceptors (Lipinski definition) is 4. The molecule has 0 aromatic heterocycles. The van der Waals surface area contributed by atoms with Gasteiger partial charge in [-0.3, -0.25) is 4.79 Å². The van der Waals surface area contributed by atoms with Crippen molar-refractivity contribution >= 4 is 17.7 Å². The van der Waals surface area contributed by atoms with E-state index in [9.17, 15) is 4.79 Å². The van der Waals surface area contributed by atoms with E-state index in [0.717, 1.165) is 50.1 Å². The average Bonchev–Trinajstić information content (AvgIpc) is 2.73. The Labute approximate surface area is 173 Å². The number of unbranched alkanes of at least 4 members (excludes halogenated alkanes) is 3. The molecule has 0 aliphatic carbocycles. The summed E-state index contributed by atoms with van der Waals surface area (Å²) in [4.78, 5) is 12.8. The lowest BCUT2D eigenvalue weighted by atomic mass is 10.1. The fourth-order valence-corrected chi connectivity index (χ4v) is 3.12. The van der Waals surface area contributed by atoms with Crippen molar-refractivity contribution in [3.8, 4) is 0 Å². The third-order valence-corrected chi connectivity index (χ3v) is 4.83.